The van der Waals surface area contributed by atoms with Crippen LogP contribution in [0.1, 0.15) is 19.4 Å². The van der Waals surface area contributed by atoms with E-state index in [1.807, 2.05) is 6.92 Å². The van der Waals surface area contributed by atoms with Gasteiger partial charge in [0.05, 0.1) is 31.6 Å². The molecule has 0 radical (unpaired) electrons. The molecule has 0 atom stereocenters. The summed E-state index contributed by atoms with van der Waals surface area (Å²) in [4.78, 5) is 20.4. The van der Waals surface area contributed by atoms with E-state index in [0.29, 0.717) is 30.4 Å². The molecule has 0 saturated carbocycles. The van der Waals surface area contributed by atoms with Gasteiger partial charge in [-0.3, -0.25) is 9.78 Å². The molecule has 31 heavy (non-hydrogen) atoms. The fraction of sp³-hybridized carbons (Fsp3) is 0.350. The van der Waals surface area contributed by atoms with Crippen molar-refractivity contribution in [3.8, 4) is 11.5 Å². The Morgan fingerprint density at radius 1 is 1.19 bits per heavy atom. The van der Waals surface area contributed by atoms with Gasteiger partial charge in [0, 0.05) is 18.3 Å². The molecule has 2 rings (SSSR count). The van der Waals surface area contributed by atoms with E-state index in [1.165, 1.54) is 6.20 Å². The number of para-hydroxylation sites is 1. The number of pyridine rings is 1. The Hall–Kier alpha value is -2.70. The van der Waals surface area contributed by atoms with E-state index in [0.717, 1.165) is 0 Å². The first-order valence-corrected chi connectivity index (χ1v) is 9.45. The van der Waals surface area contributed by atoms with Crippen LogP contribution in [0.2, 0.25) is 0 Å². The Balaban J connectivity index is 0.00000480. The number of ether oxygens (including phenoxy) is 2. The van der Waals surface area contributed by atoms with E-state index in [9.17, 15) is 13.6 Å². The standard InChI is InChI=1S/C20H25F2N5O3.HI/c1-3-24-20(26-13-17(28)27-15-8-6-10-23-12-15)25-11-14-7-5-9-16(29-4-2)18(14)30-19(21)22;/h5-10,12,19H,3-4,11,13H2,1-2H3,(H,27,28)(H2,24,25,26);1H. The van der Waals surface area contributed by atoms with Gasteiger partial charge < -0.3 is 25.4 Å². The largest absolute Gasteiger partial charge is 0.490 e. The summed E-state index contributed by atoms with van der Waals surface area (Å²) in [5.74, 6) is 0.236. The molecular formula is C20H26F2IN5O3. The topological polar surface area (TPSA) is 96.9 Å². The normalized spacial score (nSPS) is 10.8. The third-order valence-electron chi connectivity index (χ3n) is 3.68. The first-order valence-electron chi connectivity index (χ1n) is 9.45. The summed E-state index contributed by atoms with van der Waals surface area (Å²) in [6, 6.07) is 8.29. The van der Waals surface area contributed by atoms with Crippen LogP contribution >= 0.6 is 24.0 Å². The quantitative estimate of drug-likeness (QED) is 0.239. The van der Waals surface area contributed by atoms with Crippen LogP contribution in [-0.2, 0) is 11.3 Å². The van der Waals surface area contributed by atoms with E-state index in [1.54, 1.807) is 43.5 Å². The van der Waals surface area contributed by atoms with Crippen LogP contribution in [0.25, 0.3) is 0 Å². The number of nitrogens with one attached hydrogen (secondary N) is 3. The Morgan fingerprint density at radius 3 is 2.65 bits per heavy atom. The summed E-state index contributed by atoms with van der Waals surface area (Å²) in [5.41, 5.74) is 1.01. The maximum atomic E-state index is 12.8. The lowest BCUT2D eigenvalue weighted by molar-refractivity contribution is -0.115. The summed E-state index contributed by atoms with van der Waals surface area (Å²) >= 11 is 0. The van der Waals surface area contributed by atoms with Crippen molar-refractivity contribution < 1.29 is 23.0 Å². The van der Waals surface area contributed by atoms with Crippen LogP contribution in [0.3, 0.4) is 0 Å². The van der Waals surface area contributed by atoms with E-state index >= 15 is 0 Å². The number of hydrogen-bond acceptors (Lipinski definition) is 5. The molecule has 11 heteroatoms. The molecule has 0 aliphatic carbocycles. The maximum Gasteiger partial charge on any atom is 0.387 e. The van der Waals surface area contributed by atoms with Crippen molar-refractivity contribution in [1.29, 1.82) is 0 Å². The summed E-state index contributed by atoms with van der Waals surface area (Å²) in [5, 5.41) is 8.59. The van der Waals surface area contributed by atoms with Gasteiger partial charge in [0.1, 0.15) is 0 Å². The van der Waals surface area contributed by atoms with E-state index in [2.05, 4.69) is 30.7 Å². The molecule has 0 saturated heterocycles. The van der Waals surface area contributed by atoms with Gasteiger partial charge in [-0.2, -0.15) is 8.78 Å². The first kappa shape index (κ1) is 26.3. The second kappa shape index (κ2) is 14.3. The summed E-state index contributed by atoms with van der Waals surface area (Å²) in [7, 11) is 0. The smallest absolute Gasteiger partial charge is 0.387 e. The minimum Gasteiger partial charge on any atom is -0.490 e. The zero-order valence-electron chi connectivity index (χ0n) is 17.2. The lowest BCUT2D eigenvalue weighted by atomic mass is 10.2. The number of hydrogen-bond donors (Lipinski definition) is 3. The van der Waals surface area contributed by atoms with Crippen molar-refractivity contribution in [1.82, 2.24) is 15.6 Å². The monoisotopic (exact) mass is 549 g/mol. The zero-order chi connectivity index (χ0) is 21.8. The summed E-state index contributed by atoms with van der Waals surface area (Å²) < 4.78 is 35.7. The minimum atomic E-state index is -2.99. The molecule has 2 aromatic rings. The van der Waals surface area contributed by atoms with E-state index in [4.69, 9.17) is 4.74 Å². The predicted octanol–water partition coefficient (Wildman–Crippen LogP) is 3.39. The highest BCUT2D eigenvalue weighted by Gasteiger charge is 2.15. The number of nitrogens with zero attached hydrogens (tertiary/aromatic N) is 2. The van der Waals surface area contributed by atoms with Crippen molar-refractivity contribution >= 4 is 41.5 Å². The highest BCUT2D eigenvalue weighted by atomic mass is 127. The molecule has 0 unspecified atom stereocenters. The van der Waals surface area contributed by atoms with Gasteiger partial charge in [0.25, 0.3) is 0 Å². The number of anilines is 1. The van der Waals surface area contributed by atoms with Gasteiger partial charge in [-0.15, -0.1) is 24.0 Å². The third kappa shape index (κ3) is 9.32. The van der Waals surface area contributed by atoms with Crippen LogP contribution < -0.4 is 25.4 Å². The number of alkyl halides is 2. The average molecular weight is 549 g/mol. The molecule has 1 aromatic carbocycles. The highest BCUT2D eigenvalue weighted by Crippen LogP contribution is 2.33. The van der Waals surface area contributed by atoms with Gasteiger partial charge in [-0.25, -0.2) is 4.99 Å². The second-order valence-corrected chi connectivity index (χ2v) is 5.89. The lowest BCUT2D eigenvalue weighted by Crippen LogP contribution is -2.41. The fourth-order valence-corrected chi connectivity index (χ4v) is 2.49. The van der Waals surface area contributed by atoms with Crippen LogP contribution in [0, 0.1) is 0 Å². The molecule has 1 aromatic heterocycles. The molecule has 0 bridgehead atoms. The molecule has 0 aliphatic rings. The van der Waals surface area contributed by atoms with E-state index < -0.39 is 6.61 Å². The number of guanidine groups is 1. The van der Waals surface area contributed by atoms with Crippen molar-refractivity contribution in [3.63, 3.8) is 0 Å². The number of rotatable bonds is 10. The van der Waals surface area contributed by atoms with Crippen molar-refractivity contribution in [2.75, 3.05) is 25.0 Å². The number of aliphatic imine (C=N–C) groups is 1. The SMILES string of the molecule is CCNC(=NCc1cccc(OCC)c1OC(F)F)NCC(=O)Nc1cccnc1.I. The van der Waals surface area contributed by atoms with Crippen molar-refractivity contribution in [3.05, 3.63) is 48.3 Å². The van der Waals surface area contributed by atoms with Gasteiger partial charge in [0.2, 0.25) is 5.91 Å². The summed E-state index contributed by atoms with van der Waals surface area (Å²) in [6.07, 6.45) is 3.14. The minimum absolute atomic E-state index is 0. The molecule has 0 fully saturated rings. The first-order chi connectivity index (χ1) is 14.5. The van der Waals surface area contributed by atoms with Crippen molar-refractivity contribution in [2.45, 2.75) is 27.0 Å². The summed E-state index contributed by atoms with van der Waals surface area (Å²) in [6.45, 7) is 1.49. The van der Waals surface area contributed by atoms with Crippen LogP contribution in [0.15, 0.2) is 47.7 Å². The molecule has 170 valence electrons. The second-order valence-electron chi connectivity index (χ2n) is 5.89. The molecule has 1 amide bonds. The van der Waals surface area contributed by atoms with Crippen molar-refractivity contribution in [2.24, 2.45) is 4.99 Å². The molecule has 8 nitrogen and oxygen atoms in total. The van der Waals surface area contributed by atoms with Gasteiger partial charge in [-0.05, 0) is 32.0 Å². The maximum absolute atomic E-state index is 12.8. The lowest BCUT2D eigenvalue weighted by Gasteiger charge is -2.15. The predicted molar refractivity (Wildman–Crippen MR) is 125 cm³/mol. The molecule has 1 heterocycles. The van der Waals surface area contributed by atoms with Crippen LogP contribution in [0.4, 0.5) is 14.5 Å². The number of carbonyl (C=O) groups excluding carboxylic acids is 1. The van der Waals surface area contributed by atoms with Crippen LogP contribution in [0.5, 0.6) is 11.5 Å². The molecule has 0 aliphatic heterocycles. The Morgan fingerprint density at radius 2 is 2.00 bits per heavy atom. The van der Waals surface area contributed by atoms with Crippen LogP contribution in [-0.4, -0.2) is 43.2 Å². The number of aromatic nitrogens is 1. The zero-order valence-corrected chi connectivity index (χ0v) is 19.6. The van der Waals surface area contributed by atoms with E-state index in [-0.39, 0.29) is 54.5 Å². The fourth-order valence-electron chi connectivity index (χ4n) is 2.49. The Labute approximate surface area is 196 Å². The third-order valence-corrected chi connectivity index (χ3v) is 3.68. The number of amides is 1. The van der Waals surface area contributed by atoms with Gasteiger partial charge in [0.15, 0.2) is 17.5 Å². The number of benzene rings is 1. The molecule has 3 N–H and O–H groups in total. The number of carbonyl (C=O) groups is 1. The highest BCUT2D eigenvalue weighted by molar-refractivity contribution is 14.0. The molecule has 0 spiro atoms. The Bertz CT molecular complexity index is 841. The Kier molecular flexibility index (Phi) is 12.2. The number of halogens is 3. The average Bonchev–Trinajstić information content (AvgIpc) is 2.72. The molecular weight excluding hydrogens is 523 g/mol. The van der Waals surface area contributed by atoms with Gasteiger partial charge >= 0.3 is 6.61 Å². The van der Waals surface area contributed by atoms with Gasteiger partial charge in [-0.1, -0.05) is 12.1 Å².